The molecule has 0 saturated heterocycles. The van der Waals surface area contributed by atoms with Crippen molar-refractivity contribution in [2.45, 2.75) is 38.1 Å². The van der Waals surface area contributed by atoms with E-state index >= 15 is 0 Å². The van der Waals surface area contributed by atoms with Crippen molar-refractivity contribution in [2.24, 2.45) is 0 Å². The van der Waals surface area contributed by atoms with E-state index in [0.29, 0.717) is 0 Å². The normalized spacial score (nSPS) is 16.3. The summed E-state index contributed by atoms with van der Waals surface area (Å²) in [5.41, 5.74) is -0.546. The summed E-state index contributed by atoms with van der Waals surface area (Å²) in [7, 11) is 0. The second kappa shape index (κ2) is 5.40. The third kappa shape index (κ3) is 3.46. The average Bonchev–Trinajstić information content (AvgIpc) is 2.14. The molecule has 0 aromatic heterocycles. The highest BCUT2D eigenvalue weighted by atomic mass is 16.4. The topological polar surface area (TPSA) is 78.4 Å². The van der Waals surface area contributed by atoms with Crippen LogP contribution in [0.4, 0.5) is 4.79 Å². The smallest absolute Gasteiger partial charge is 0.315 e. The Morgan fingerprint density at radius 1 is 1.44 bits per heavy atom. The predicted molar refractivity (Wildman–Crippen MR) is 58.8 cm³/mol. The van der Waals surface area contributed by atoms with Crippen LogP contribution in [0.3, 0.4) is 0 Å². The Morgan fingerprint density at radius 2 is 2.12 bits per heavy atom. The van der Waals surface area contributed by atoms with Crippen molar-refractivity contribution in [1.82, 2.24) is 10.6 Å². The maximum Gasteiger partial charge on any atom is 0.315 e. The monoisotopic (exact) mass is 224 g/mol. The lowest BCUT2D eigenvalue weighted by molar-refractivity contribution is -0.139. The van der Waals surface area contributed by atoms with Gasteiger partial charge in [-0.25, -0.2) is 4.79 Å². The molecule has 0 atom stereocenters. The Labute approximate surface area is 94.6 Å². The summed E-state index contributed by atoms with van der Waals surface area (Å²) >= 11 is 0. The molecule has 0 heterocycles. The van der Waals surface area contributed by atoms with Gasteiger partial charge in [-0.2, -0.15) is 0 Å². The first-order valence-electron chi connectivity index (χ1n) is 5.25. The minimum absolute atomic E-state index is 0.0140. The van der Waals surface area contributed by atoms with Gasteiger partial charge in [0, 0.05) is 0 Å². The highest BCUT2D eigenvalue weighted by Gasteiger charge is 2.40. The fourth-order valence-electron chi connectivity index (χ4n) is 1.74. The summed E-state index contributed by atoms with van der Waals surface area (Å²) in [5.74, 6) is 4.48. The zero-order valence-corrected chi connectivity index (χ0v) is 9.30. The van der Waals surface area contributed by atoms with Crippen molar-refractivity contribution in [3.05, 3.63) is 0 Å². The third-order valence-electron chi connectivity index (χ3n) is 2.69. The average molecular weight is 224 g/mol. The molecule has 0 aliphatic heterocycles. The van der Waals surface area contributed by atoms with E-state index in [0.717, 1.165) is 19.3 Å². The number of carboxylic acids is 1. The molecule has 2 amide bonds. The van der Waals surface area contributed by atoms with Crippen LogP contribution >= 0.6 is 0 Å². The number of carboxylic acid groups (broad SMARTS) is 1. The lowest BCUT2D eigenvalue weighted by Gasteiger charge is -2.41. The first-order valence-corrected chi connectivity index (χ1v) is 5.25. The molecule has 0 bridgehead atoms. The molecule has 1 saturated carbocycles. The first kappa shape index (κ1) is 12.4. The number of amides is 2. The first-order chi connectivity index (χ1) is 7.58. The van der Waals surface area contributed by atoms with Crippen molar-refractivity contribution in [3.8, 4) is 11.8 Å². The molecule has 0 spiro atoms. The quantitative estimate of drug-likeness (QED) is 0.615. The van der Waals surface area contributed by atoms with Gasteiger partial charge in [0.15, 0.2) is 0 Å². The van der Waals surface area contributed by atoms with Crippen LogP contribution in [0, 0.1) is 11.8 Å². The Bertz CT molecular complexity index is 337. The summed E-state index contributed by atoms with van der Waals surface area (Å²) in [6, 6.07) is -0.344. The molecule has 3 N–H and O–H groups in total. The SMILES string of the molecule is CC#CCNC(=O)NC1(CC(=O)O)CCC1. The number of carbonyl (C=O) groups is 2. The van der Waals surface area contributed by atoms with E-state index in [1.54, 1.807) is 6.92 Å². The fourth-order valence-corrected chi connectivity index (χ4v) is 1.74. The second-order valence-electron chi connectivity index (χ2n) is 3.94. The highest BCUT2D eigenvalue weighted by Crippen LogP contribution is 2.34. The summed E-state index contributed by atoms with van der Waals surface area (Å²) in [4.78, 5) is 22.1. The molecule has 0 radical (unpaired) electrons. The van der Waals surface area contributed by atoms with E-state index in [9.17, 15) is 9.59 Å². The fraction of sp³-hybridized carbons (Fsp3) is 0.636. The van der Waals surface area contributed by atoms with Crippen LogP contribution in [0.5, 0.6) is 0 Å². The van der Waals surface area contributed by atoms with Crippen molar-refractivity contribution < 1.29 is 14.7 Å². The van der Waals surface area contributed by atoms with Gasteiger partial charge in [0.1, 0.15) is 0 Å². The minimum Gasteiger partial charge on any atom is -0.481 e. The van der Waals surface area contributed by atoms with E-state index < -0.39 is 11.5 Å². The van der Waals surface area contributed by atoms with Crippen LogP contribution in [0.15, 0.2) is 0 Å². The van der Waals surface area contributed by atoms with Crippen molar-refractivity contribution >= 4 is 12.0 Å². The molecule has 5 nitrogen and oxygen atoms in total. The van der Waals surface area contributed by atoms with Gasteiger partial charge in [0.25, 0.3) is 0 Å². The molecule has 0 unspecified atom stereocenters. The molecular formula is C11H16N2O3. The molecule has 1 aliphatic carbocycles. The Morgan fingerprint density at radius 3 is 2.56 bits per heavy atom. The number of urea groups is 1. The van der Waals surface area contributed by atoms with Gasteiger partial charge in [0.2, 0.25) is 0 Å². The van der Waals surface area contributed by atoms with Gasteiger partial charge >= 0.3 is 12.0 Å². The summed E-state index contributed by atoms with van der Waals surface area (Å²) < 4.78 is 0. The largest absolute Gasteiger partial charge is 0.481 e. The van der Waals surface area contributed by atoms with Gasteiger partial charge in [-0.05, 0) is 26.2 Å². The number of carbonyl (C=O) groups excluding carboxylic acids is 1. The molecule has 1 rings (SSSR count). The highest BCUT2D eigenvalue weighted by molar-refractivity contribution is 5.77. The zero-order valence-electron chi connectivity index (χ0n) is 9.30. The predicted octanol–water partition coefficient (Wildman–Crippen LogP) is 0.706. The minimum atomic E-state index is -0.881. The number of hydrogen-bond donors (Lipinski definition) is 3. The molecule has 5 heteroatoms. The maximum atomic E-state index is 11.4. The van der Waals surface area contributed by atoms with Crippen LogP contribution in [0.25, 0.3) is 0 Å². The summed E-state index contributed by atoms with van der Waals surface area (Å²) in [6.07, 6.45) is 2.40. The van der Waals surface area contributed by atoms with E-state index in [-0.39, 0.29) is 19.0 Å². The van der Waals surface area contributed by atoms with Gasteiger partial charge < -0.3 is 15.7 Å². The number of hydrogen-bond acceptors (Lipinski definition) is 2. The van der Waals surface area contributed by atoms with E-state index in [2.05, 4.69) is 22.5 Å². The van der Waals surface area contributed by atoms with Gasteiger partial charge in [-0.3, -0.25) is 4.79 Å². The van der Waals surface area contributed by atoms with Crippen molar-refractivity contribution in [1.29, 1.82) is 0 Å². The van der Waals surface area contributed by atoms with E-state index in [1.165, 1.54) is 0 Å². The third-order valence-corrected chi connectivity index (χ3v) is 2.69. The standard InChI is InChI=1S/C11H16N2O3/c1-2-3-7-12-10(16)13-11(5-4-6-11)8-9(14)15/h4-8H2,1H3,(H,14,15)(H2,12,13,16). The Balaban J connectivity index is 2.39. The van der Waals surface area contributed by atoms with Gasteiger partial charge in [-0.1, -0.05) is 5.92 Å². The molecular weight excluding hydrogens is 208 g/mol. The summed E-state index contributed by atoms with van der Waals surface area (Å²) in [5, 5.41) is 14.0. The Kier molecular flexibility index (Phi) is 4.18. The van der Waals surface area contributed by atoms with Crippen LogP contribution < -0.4 is 10.6 Å². The van der Waals surface area contributed by atoms with Crippen molar-refractivity contribution in [3.63, 3.8) is 0 Å². The number of rotatable bonds is 4. The molecule has 1 aliphatic rings. The lowest BCUT2D eigenvalue weighted by atomic mass is 9.74. The molecule has 0 aromatic carbocycles. The Hall–Kier alpha value is -1.70. The van der Waals surface area contributed by atoms with Crippen LogP contribution in [0.1, 0.15) is 32.6 Å². The zero-order chi connectivity index (χ0) is 12.0. The summed E-state index contributed by atoms with van der Waals surface area (Å²) in [6.45, 7) is 1.98. The molecule has 88 valence electrons. The van der Waals surface area contributed by atoms with Crippen LogP contribution in [0.2, 0.25) is 0 Å². The number of nitrogens with one attached hydrogen (secondary N) is 2. The van der Waals surface area contributed by atoms with Crippen molar-refractivity contribution in [2.75, 3.05) is 6.54 Å². The number of aliphatic carboxylic acids is 1. The van der Waals surface area contributed by atoms with E-state index in [1.807, 2.05) is 0 Å². The van der Waals surface area contributed by atoms with Crippen LogP contribution in [-0.4, -0.2) is 29.2 Å². The molecule has 1 fully saturated rings. The van der Waals surface area contributed by atoms with Crippen LogP contribution in [-0.2, 0) is 4.79 Å². The maximum absolute atomic E-state index is 11.4. The van der Waals surface area contributed by atoms with Gasteiger partial charge in [-0.15, -0.1) is 5.92 Å². The lowest BCUT2D eigenvalue weighted by Crippen LogP contribution is -2.57. The second-order valence-corrected chi connectivity index (χ2v) is 3.94. The molecule has 16 heavy (non-hydrogen) atoms. The van der Waals surface area contributed by atoms with Gasteiger partial charge in [0.05, 0.1) is 18.5 Å². The van der Waals surface area contributed by atoms with E-state index in [4.69, 9.17) is 5.11 Å². The molecule has 0 aromatic rings.